The lowest BCUT2D eigenvalue weighted by atomic mass is 10.2. The maximum atomic E-state index is 12.8. The van der Waals surface area contributed by atoms with Gasteiger partial charge in [0.25, 0.3) is 0 Å². The van der Waals surface area contributed by atoms with Crippen LogP contribution in [-0.4, -0.2) is 45.6 Å². The van der Waals surface area contributed by atoms with E-state index in [0.29, 0.717) is 19.1 Å². The van der Waals surface area contributed by atoms with Crippen LogP contribution in [0.4, 0.5) is 0 Å². The van der Waals surface area contributed by atoms with Crippen molar-refractivity contribution < 1.29 is 4.79 Å². The van der Waals surface area contributed by atoms with E-state index >= 15 is 0 Å². The van der Waals surface area contributed by atoms with Gasteiger partial charge in [0.2, 0.25) is 5.91 Å². The number of hydrogen-bond donors (Lipinski definition) is 0. The van der Waals surface area contributed by atoms with Crippen molar-refractivity contribution in [3.05, 3.63) is 70.7 Å². The zero-order valence-corrected chi connectivity index (χ0v) is 16.3. The second kappa shape index (κ2) is 8.06. The molecule has 0 saturated carbocycles. The first-order valence-electron chi connectivity index (χ1n) is 9.31. The second-order valence-corrected chi connectivity index (χ2v) is 8.00. The van der Waals surface area contributed by atoms with Crippen molar-refractivity contribution in [3.8, 4) is 5.69 Å². The Balaban J connectivity index is 1.36. The Morgan fingerprint density at radius 2 is 2.11 bits per heavy atom. The van der Waals surface area contributed by atoms with Gasteiger partial charge >= 0.3 is 0 Å². The number of amides is 1. The van der Waals surface area contributed by atoms with Crippen LogP contribution in [0.2, 0.25) is 0 Å². The first-order valence-corrected chi connectivity index (χ1v) is 10.2. The summed E-state index contributed by atoms with van der Waals surface area (Å²) in [7, 11) is 1.87. The molecule has 0 spiro atoms. The molecule has 0 N–H and O–H groups in total. The Labute approximate surface area is 163 Å². The summed E-state index contributed by atoms with van der Waals surface area (Å²) in [4.78, 5) is 18.2. The standard InChI is InChI=1S/C21H24N4OS/c1-23(14-17-13-22-25(15-17)18-7-3-2-4-8-18)21(26)16-24-11-5-9-19(24)20-10-6-12-27-20/h2-4,6-8,10,12-13,15,19H,5,9,11,14,16H2,1H3. The Bertz CT molecular complexity index is 875. The molecule has 2 aromatic heterocycles. The third-order valence-electron chi connectivity index (χ3n) is 5.08. The van der Waals surface area contributed by atoms with E-state index < -0.39 is 0 Å². The maximum absolute atomic E-state index is 12.8. The molecule has 5 nitrogen and oxygen atoms in total. The molecule has 1 aliphatic rings. The van der Waals surface area contributed by atoms with Crippen molar-refractivity contribution in [1.29, 1.82) is 0 Å². The summed E-state index contributed by atoms with van der Waals surface area (Å²) in [6.45, 7) is 2.04. The van der Waals surface area contributed by atoms with Gasteiger partial charge in [0, 0.05) is 36.3 Å². The van der Waals surface area contributed by atoms with Crippen molar-refractivity contribution in [3.63, 3.8) is 0 Å². The van der Waals surface area contributed by atoms with Gasteiger partial charge in [-0.2, -0.15) is 5.10 Å². The van der Waals surface area contributed by atoms with Gasteiger partial charge in [-0.15, -0.1) is 11.3 Å². The van der Waals surface area contributed by atoms with Gasteiger partial charge in [0.1, 0.15) is 0 Å². The van der Waals surface area contributed by atoms with Gasteiger partial charge in [-0.05, 0) is 43.0 Å². The number of hydrogen-bond acceptors (Lipinski definition) is 4. The summed E-state index contributed by atoms with van der Waals surface area (Å²) in [6.07, 6.45) is 6.12. The number of benzene rings is 1. The third-order valence-corrected chi connectivity index (χ3v) is 6.05. The number of likely N-dealkylation sites (tertiary alicyclic amines) is 1. The Hall–Kier alpha value is -2.44. The smallest absolute Gasteiger partial charge is 0.236 e. The van der Waals surface area contributed by atoms with Crippen LogP contribution in [0.25, 0.3) is 5.69 Å². The van der Waals surface area contributed by atoms with Gasteiger partial charge in [-0.25, -0.2) is 4.68 Å². The van der Waals surface area contributed by atoms with Gasteiger partial charge in [-0.1, -0.05) is 24.3 Å². The average molecular weight is 381 g/mol. The number of nitrogens with zero attached hydrogens (tertiary/aromatic N) is 4. The van der Waals surface area contributed by atoms with Crippen LogP contribution in [0, 0.1) is 0 Å². The molecular formula is C21H24N4OS. The fourth-order valence-electron chi connectivity index (χ4n) is 3.64. The lowest BCUT2D eigenvalue weighted by molar-refractivity contribution is -0.131. The highest BCUT2D eigenvalue weighted by Crippen LogP contribution is 2.34. The summed E-state index contributed by atoms with van der Waals surface area (Å²) >= 11 is 1.79. The summed E-state index contributed by atoms with van der Waals surface area (Å²) < 4.78 is 1.85. The second-order valence-electron chi connectivity index (χ2n) is 7.02. The minimum atomic E-state index is 0.158. The molecule has 1 amide bonds. The Kier molecular flexibility index (Phi) is 5.36. The first kappa shape index (κ1) is 17.9. The number of para-hydroxylation sites is 1. The molecule has 3 aromatic rings. The zero-order valence-electron chi connectivity index (χ0n) is 15.5. The van der Waals surface area contributed by atoms with E-state index in [0.717, 1.165) is 30.6 Å². The maximum Gasteiger partial charge on any atom is 0.236 e. The van der Waals surface area contributed by atoms with E-state index in [2.05, 4.69) is 27.5 Å². The van der Waals surface area contributed by atoms with Crippen molar-refractivity contribution in [2.75, 3.05) is 20.1 Å². The molecule has 0 aliphatic carbocycles. The number of aromatic nitrogens is 2. The minimum absolute atomic E-state index is 0.158. The number of thiophene rings is 1. The van der Waals surface area contributed by atoms with E-state index in [1.807, 2.05) is 54.5 Å². The van der Waals surface area contributed by atoms with Crippen LogP contribution in [0.1, 0.15) is 29.3 Å². The predicted molar refractivity (Wildman–Crippen MR) is 108 cm³/mol. The summed E-state index contributed by atoms with van der Waals surface area (Å²) in [6, 6.07) is 14.7. The highest BCUT2D eigenvalue weighted by molar-refractivity contribution is 7.10. The van der Waals surface area contributed by atoms with Gasteiger partial charge < -0.3 is 4.90 Å². The molecule has 4 rings (SSSR count). The van der Waals surface area contributed by atoms with Gasteiger partial charge in [0.15, 0.2) is 0 Å². The van der Waals surface area contributed by atoms with Crippen LogP contribution >= 0.6 is 11.3 Å². The average Bonchev–Trinajstić information content (AvgIpc) is 3.44. The molecule has 1 saturated heterocycles. The van der Waals surface area contributed by atoms with Crippen LogP contribution < -0.4 is 0 Å². The zero-order chi connectivity index (χ0) is 18.6. The topological polar surface area (TPSA) is 41.4 Å². The number of rotatable bonds is 6. The van der Waals surface area contributed by atoms with Crippen molar-refractivity contribution in [2.45, 2.75) is 25.4 Å². The van der Waals surface area contributed by atoms with Gasteiger partial charge in [0.05, 0.1) is 18.4 Å². The van der Waals surface area contributed by atoms with Crippen molar-refractivity contribution in [1.82, 2.24) is 19.6 Å². The lowest BCUT2D eigenvalue weighted by Crippen LogP contribution is -2.37. The van der Waals surface area contributed by atoms with E-state index in [4.69, 9.17) is 0 Å². The van der Waals surface area contributed by atoms with Crippen LogP contribution in [0.5, 0.6) is 0 Å². The summed E-state index contributed by atoms with van der Waals surface area (Å²) in [5.74, 6) is 0.158. The number of likely N-dealkylation sites (N-methyl/N-ethyl adjacent to an activating group) is 1. The van der Waals surface area contributed by atoms with Crippen LogP contribution in [-0.2, 0) is 11.3 Å². The minimum Gasteiger partial charge on any atom is -0.340 e. The fourth-order valence-corrected chi connectivity index (χ4v) is 4.53. The Morgan fingerprint density at radius 1 is 1.26 bits per heavy atom. The number of carbonyl (C=O) groups is 1. The molecule has 1 unspecified atom stereocenters. The summed E-state index contributed by atoms with van der Waals surface area (Å²) in [5, 5.41) is 6.53. The molecule has 0 radical (unpaired) electrons. The lowest BCUT2D eigenvalue weighted by Gasteiger charge is -2.25. The number of carbonyl (C=O) groups excluding carboxylic acids is 1. The van der Waals surface area contributed by atoms with Crippen molar-refractivity contribution in [2.24, 2.45) is 0 Å². The highest BCUT2D eigenvalue weighted by atomic mass is 32.1. The Morgan fingerprint density at radius 3 is 2.89 bits per heavy atom. The molecule has 1 fully saturated rings. The van der Waals surface area contributed by atoms with Crippen LogP contribution in [0.15, 0.2) is 60.2 Å². The quantitative estimate of drug-likeness (QED) is 0.654. The molecule has 140 valence electrons. The predicted octanol–water partition coefficient (Wildman–Crippen LogP) is 3.73. The van der Waals surface area contributed by atoms with E-state index in [9.17, 15) is 4.79 Å². The molecular weight excluding hydrogens is 356 g/mol. The molecule has 3 heterocycles. The third kappa shape index (κ3) is 4.12. The van der Waals surface area contributed by atoms with E-state index in [-0.39, 0.29) is 5.91 Å². The molecule has 1 atom stereocenters. The normalized spacial score (nSPS) is 17.3. The van der Waals surface area contributed by atoms with Gasteiger partial charge in [-0.3, -0.25) is 9.69 Å². The molecule has 6 heteroatoms. The largest absolute Gasteiger partial charge is 0.340 e. The molecule has 1 aliphatic heterocycles. The molecule has 1 aromatic carbocycles. The summed E-state index contributed by atoms with van der Waals surface area (Å²) in [5.41, 5.74) is 2.06. The SMILES string of the molecule is CN(Cc1cnn(-c2ccccc2)c1)C(=O)CN1CCCC1c1cccs1. The van der Waals surface area contributed by atoms with E-state index in [1.165, 1.54) is 4.88 Å². The highest BCUT2D eigenvalue weighted by Gasteiger charge is 2.29. The molecule has 0 bridgehead atoms. The fraction of sp³-hybridized carbons (Fsp3) is 0.333. The first-order chi connectivity index (χ1) is 13.2. The van der Waals surface area contributed by atoms with E-state index in [1.54, 1.807) is 16.2 Å². The van der Waals surface area contributed by atoms with Crippen molar-refractivity contribution >= 4 is 17.2 Å². The van der Waals surface area contributed by atoms with Crippen LogP contribution in [0.3, 0.4) is 0 Å². The molecule has 27 heavy (non-hydrogen) atoms. The monoisotopic (exact) mass is 380 g/mol.